The summed E-state index contributed by atoms with van der Waals surface area (Å²) in [6, 6.07) is 3.04. The first-order valence-electron chi connectivity index (χ1n) is 4.49. The summed E-state index contributed by atoms with van der Waals surface area (Å²) in [6.07, 6.45) is 3.32. The van der Waals surface area contributed by atoms with Crippen molar-refractivity contribution in [2.45, 2.75) is 0 Å². The van der Waals surface area contributed by atoms with E-state index in [0.717, 1.165) is 0 Å². The second kappa shape index (κ2) is 6.44. The highest BCUT2D eigenvalue weighted by Gasteiger charge is 2.06. The standard InChI is InChI=1S/C10H10Cl2N2OS2/c1-14(10(16)17-2)13-5-6-3-7(11)4-8(12)9(6)15/h3-5,15H,1-2H3/b13-5-. The largest absolute Gasteiger partial charge is 0.506 e. The highest BCUT2D eigenvalue weighted by Crippen LogP contribution is 2.30. The smallest absolute Gasteiger partial charge is 0.156 e. The molecule has 1 aromatic carbocycles. The highest BCUT2D eigenvalue weighted by molar-refractivity contribution is 8.22. The molecule has 0 fully saturated rings. The number of hydrazone groups is 1. The molecule has 0 aromatic heterocycles. The molecule has 0 aliphatic rings. The van der Waals surface area contributed by atoms with Crippen molar-refractivity contribution < 1.29 is 5.11 Å². The summed E-state index contributed by atoms with van der Waals surface area (Å²) in [5.41, 5.74) is 0.443. The number of hydrogen-bond acceptors (Lipinski definition) is 4. The maximum Gasteiger partial charge on any atom is 0.156 e. The predicted octanol–water partition coefficient (Wildman–Crippen LogP) is 3.61. The van der Waals surface area contributed by atoms with E-state index >= 15 is 0 Å². The van der Waals surface area contributed by atoms with Crippen molar-refractivity contribution in [1.29, 1.82) is 0 Å². The lowest BCUT2D eigenvalue weighted by molar-refractivity contribution is 0.474. The van der Waals surface area contributed by atoms with Crippen molar-refractivity contribution in [3.63, 3.8) is 0 Å². The van der Waals surface area contributed by atoms with Gasteiger partial charge in [0.05, 0.1) is 11.2 Å². The summed E-state index contributed by atoms with van der Waals surface area (Å²) in [7, 11) is 1.72. The van der Waals surface area contributed by atoms with Crippen LogP contribution in [-0.2, 0) is 0 Å². The van der Waals surface area contributed by atoms with E-state index in [1.165, 1.54) is 29.1 Å². The molecule has 0 aliphatic heterocycles. The molecular formula is C10H10Cl2N2OS2. The van der Waals surface area contributed by atoms with E-state index in [9.17, 15) is 5.11 Å². The van der Waals surface area contributed by atoms with Gasteiger partial charge in [0.1, 0.15) is 5.75 Å². The second-order valence-corrected chi connectivity index (χ2v) is 5.35. The lowest BCUT2D eigenvalue weighted by atomic mass is 10.2. The Kier molecular flexibility index (Phi) is 5.52. The Hall–Kier alpha value is -0.490. The zero-order valence-corrected chi connectivity index (χ0v) is 12.3. The predicted molar refractivity (Wildman–Crippen MR) is 79.6 cm³/mol. The van der Waals surface area contributed by atoms with Crippen LogP contribution in [0.4, 0.5) is 0 Å². The average molecular weight is 309 g/mol. The molecule has 0 aliphatic carbocycles. The van der Waals surface area contributed by atoms with Gasteiger partial charge in [0.25, 0.3) is 0 Å². The molecule has 0 amide bonds. The Bertz CT molecular complexity index is 466. The minimum Gasteiger partial charge on any atom is -0.506 e. The molecule has 0 spiro atoms. The van der Waals surface area contributed by atoms with Crippen LogP contribution >= 0.6 is 47.2 Å². The normalized spacial score (nSPS) is 10.8. The fraction of sp³-hybridized carbons (Fsp3) is 0.200. The number of nitrogens with zero attached hydrogens (tertiary/aromatic N) is 2. The van der Waals surface area contributed by atoms with E-state index in [4.69, 9.17) is 35.4 Å². The molecule has 1 aromatic rings. The number of thioether (sulfide) groups is 1. The van der Waals surface area contributed by atoms with Crippen LogP contribution in [-0.4, -0.2) is 34.0 Å². The summed E-state index contributed by atoms with van der Waals surface area (Å²) in [5.74, 6) is -0.0525. The molecule has 1 rings (SSSR count). The number of phenols is 1. The number of halogens is 2. The van der Waals surface area contributed by atoms with Gasteiger partial charge in [-0.2, -0.15) is 5.10 Å². The zero-order chi connectivity index (χ0) is 13.0. The minimum absolute atomic E-state index is 0.0525. The molecule has 0 saturated carbocycles. The number of benzene rings is 1. The Morgan fingerprint density at radius 3 is 2.76 bits per heavy atom. The van der Waals surface area contributed by atoms with Gasteiger partial charge in [-0.15, -0.1) is 0 Å². The lowest BCUT2D eigenvalue weighted by Crippen LogP contribution is -2.15. The quantitative estimate of drug-likeness (QED) is 0.514. The first-order valence-corrected chi connectivity index (χ1v) is 6.88. The van der Waals surface area contributed by atoms with Gasteiger partial charge < -0.3 is 5.11 Å². The number of rotatable bonds is 2. The molecule has 0 radical (unpaired) electrons. The van der Waals surface area contributed by atoms with Gasteiger partial charge in [0, 0.05) is 17.6 Å². The van der Waals surface area contributed by atoms with E-state index in [2.05, 4.69) is 5.10 Å². The van der Waals surface area contributed by atoms with Gasteiger partial charge in [0.2, 0.25) is 0 Å². The van der Waals surface area contributed by atoms with Crippen molar-refractivity contribution in [2.24, 2.45) is 5.10 Å². The molecule has 3 nitrogen and oxygen atoms in total. The van der Waals surface area contributed by atoms with E-state index in [-0.39, 0.29) is 10.8 Å². The van der Waals surface area contributed by atoms with Crippen LogP contribution in [0.3, 0.4) is 0 Å². The third-order valence-electron chi connectivity index (χ3n) is 1.87. The molecular weight excluding hydrogens is 299 g/mol. The number of hydrogen-bond donors (Lipinski definition) is 1. The first-order chi connectivity index (χ1) is 7.95. The van der Waals surface area contributed by atoms with Gasteiger partial charge in [-0.3, -0.25) is 5.01 Å². The molecule has 0 atom stereocenters. The van der Waals surface area contributed by atoms with Crippen LogP contribution in [0.15, 0.2) is 17.2 Å². The van der Waals surface area contributed by atoms with Gasteiger partial charge in [-0.05, 0) is 18.4 Å². The van der Waals surface area contributed by atoms with Crippen LogP contribution in [0.2, 0.25) is 10.0 Å². The summed E-state index contributed by atoms with van der Waals surface area (Å²) in [5, 5.41) is 15.9. The van der Waals surface area contributed by atoms with Crippen molar-refractivity contribution >= 4 is 57.7 Å². The number of phenolic OH excluding ortho intramolecular Hbond substituents is 1. The zero-order valence-electron chi connectivity index (χ0n) is 9.15. The Morgan fingerprint density at radius 2 is 2.18 bits per heavy atom. The summed E-state index contributed by atoms with van der Waals surface area (Å²) >= 11 is 18.1. The molecule has 0 bridgehead atoms. The van der Waals surface area contributed by atoms with E-state index in [1.54, 1.807) is 13.1 Å². The number of aromatic hydroxyl groups is 1. The molecule has 0 unspecified atom stereocenters. The summed E-state index contributed by atoms with van der Waals surface area (Å²) < 4.78 is 0.619. The average Bonchev–Trinajstić information content (AvgIpc) is 2.30. The monoisotopic (exact) mass is 308 g/mol. The van der Waals surface area contributed by atoms with Crippen LogP contribution in [0, 0.1) is 0 Å². The molecule has 0 heterocycles. The van der Waals surface area contributed by atoms with Crippen molar-refractivity contribution in [2.75, 3.05) is 13.3 Å². The first kappa shape index (κ1) is 14.6. The Labute approximate surface area is 119 Å². The fourth-order valence-corrected chi connectivity index (χ4v) is 1.88. The fourth-order valence-electron chi connectivity index (χ4n) is 1.01. The maximum atomic E-state index is 9.69. The Balaban J connectivity index is 2.95. The summed E-state index contributed by atoms with van der Waals surface area (Å²) in [6.45, 7) is 0. The maximum absolute atomic E-state index is 9.69. The third kappa shape index (κ3) is 4.03. The van der Waals surface area contributed by atoms with Gasteiger partial charge >= 0.3 is 0 Å². The molecule has 92 valence electrons. The van der Waals surface area contributed by atoms with E-state index < -0.39 is 0 Å². The lowest BCUT2D eigenvalue weighted by Gasteiger charge is -2.11. The van der Waals surface area contributed by atoms with E-state index in [0.29, 0.717) is 14.9 Å². The van der Waals surface area contributed by atoms with Gasteiger partial charge in [-0.25, -0.2) is 0 Å². The second-order valence-electron chi connectivity index (χ2n) is 3.06. The van der Waals surface area contributed by atoms with Gasteiger partial charge in [-0.1, -0.05) is 47.2 Å². The number of thiocarbonyl (C=S) groups is 1. The van der Waals surface area contributed by atoms with Crippen LogP contribution < -0.4 is 0 Å². The third-order valence-corrected chi connectivity index (χ3v) is 3.75. The van der Waals surface area contributed by atoms with Gasteiger partial charge in [0.15, 0.2) is 4.32 Å². The van der Waals surface area contributed by atoms with Crippen LogP contribution in [0.1, 0.15) is 5.56 Å². The van der Waals surface area contributed by atoms with Crippen LogP contribution in [0.5, 0.6) is 5.75 Å². The minimum atomic E-state index is -0.0525. The van der Waals surface area contributed by atoms with E-state index in [1.807, 2.05) is 6.26 Å². The van der Waals surface area contributed by atoms with Crippen molar-refractivity contribution in [3.8, 4) is 5.75 Å². The van der Waals surface area contributed by atoms with Crippen molar-refractivity contribution in [3.05, 3.63) is 27.7 Å². The summed E-state index contributed by atoms with van der Waals surface area (Å²) in [4.78, 5) is 0. The Morgan fingerprint density at radius 1 is 1.53 bits per heavy atom. The SMILES string of the molecule is CSC(=S)N(C)/N=C\c1cc(Cl)cc(Cl)c1O. The van der Waals surface area contributed by atoms with Crippen molar-refractivity contribution in [1.82, 2.24) is 5.01 Å². The molecule has 7 heteroatoms. The molecule has 0 saturated heterocycles. The molecule has 1 N–H and O–H groups in total. The molecule has 17 heavy (non-hydrogen) atoms. The highest BCUT2D eigenvalue weighted by atomic mass is 35.5. The van der Waals surface area contributed by atoms with Crippen LogP contribution in [0.25, 0.3) is 0 Å². The topological polar surface area (TPSA) is 35.8 Å².